The number of hydrogen-bond donors (Lipinski definition) is 1. The maximum absolute atomic E-state index is 12.9. The molecule has 0 spiro atoms. The van der Waals surface area contributed by atoms with Gasteiger partial charge in [-0.2, -0.15) is 18.0 Å². The smallest absolute Gasteiger partial charge is 0.348 e. The third kappa shape index (κ3) is 5.40. The van der Waals surface area contributed by atoms with Crippen LogP contribution in [0.2, 0.25) is 0 Å². The van der Waals surface area contributed by atoms with Gasteiger partial charge in [0.1, 0.15) is 6.54 Å². The Morgan fingerprint density at radius 3 is 2.59 bits per heavy atom. The Morgan fingerprint density at radius 1 is 1.14 bits per heavy atom. The summed E-state index contributed by atoms with van der Waals surface area (Å²) in [5.41, 5.74) is 0.382. The van der Waals surface area contributed by atoms with Crippen LogP contribution in [0.4, 0.5) is 13.2 Å². The highest BCUT2D eigenvalue weighted by Crippen LogP contribution is 2.31. The lowest BCUT2D eigenvalue weighted by atomic mass is 10.0. The number of carbonyl (C=O) groups excluding carboxylic acids is 1. The molecule has 9 heteroatoms. The Balaban J connectivity index is 1.69. The lowest BCUT2D eigenvalue weighted by Crippen LogP contribution is -2.32. The van der Waals surface area contributed by atoms with Crippen LogP contribution in [0.25, 0.3) is 11.4 Å². The SMILES string of the molecule is CCC[C@H](NC(=O)Cn1nnc(-c2cccc(C(F)(F)F)c2)n1)c1ccccc1. The van der Waals surface area contributed by atoms with Crippen molar-refractivity contribution in [2.75, 3.05) is 0 Å². The van der Waals surface area contributed by atoms with Crippen LogP contribution in [-0.4, -0.2) is 26.1 Å². The van der Waals surface area contributed by atoms with Crippen molar-refractivity contribution in [1.29, 1.82) is 0 Å². The summed E-state index contributed by atoms with van der Waals surface area (Å²) in [5.74, 6) is -0.280. The first kappa shape index (κ1) is 20.5. The number of rotatable bonds is 7. The molecule has 152 valence electrons. The van der Waals surface area contributed by atoms with Crippen LogP contribution >= 0.6 is 0 Å². The zero-order valence-corrected chi connectivity index (χ0v) is 15.7. The van der Waals surface area contributed by atoms with Crippen LogP contribution in [0.5, 0.6) is 0 Å². The van der Waals surface area contributed by atoms with E-state index < -0.39 is 11.7 Å². The number of benzene rings is 2. The summed E-state index contributed by atoms with van der Waals surface area (Å²) >= 11 is 0. The Labute approximate surface area is 165 Å². The van der Waals surface area contributed by atoms with Gasteiger partial charge in [0, 0.05) is 5.56 Å². The average Bonchev–Trinajstić information content (AvgIpc) is 3.16. The van der Waals surface area contributed by atoms with Crippen molar-refractivity contribution in [1.82, 2.24) is 25.5 Å². The van der Waals surface area contributed by atoms with E-state index in [2.05, 4.69) is 20.7 Å². The quantitative estimate of drug-likeness (QED) is 0.647. The van der Waals surface area contributed by atoms with E-state index in [4.69, 9.17) is 0 Å². The molecule has 1 heterocycles. The van der Waals surface area contributed by atoms with Crippen LogP contribution < -0.4 is 5.32 Å². The Hall–Kier alpha value is -3.23. The summed E-state index contributed by atoms with van der Waals surface area (Å²) in [5, 5.41) is 14.5. The lowest BCUT2D eigenvalue weighted by molar-refractivity contribution is -0.137. The molecule has 1 N–H and O–H groups in total. The fourth-order valence-corrected chi connectivity index (χ4v) is 2.92. The molecule has 3 aromatic rings. The second kappa shape index (κ2) is 8.85. The van der Waals surface area contributed by atoms with Gasteiger partial charge in [0.2, 0.25) is 11.7 Å². The minimum absolute atomic E-state index is 0.0251. The van der Waals surface area contributed by atoms with Crippen LogP contribution in [0.15, 0.2) is 54.6 Å². The summed E-state index contributed by atoms with van der Waals surface area (Å²) in [4.78, 5) is 13.5. The molecule has 0 saturated heterocycles. The molecule has 1 amide bonds. The summed E-state index contributed by atoms with van der Waals surface area (Å²) in [7, 11) is 0. The average molecular weight is 403 g/mol. The van der Waals surface area contributed by atoms with Gasteiger partial charge >= 0.3 is 6.18 Å². The van der Waals surface area contributed by atoms with Gasteiger partial charge in [-0.15, -0.1) is 10.2 Å². The third-order valence-corrected chi connectivity index (χ3v) is 4.30. The highest BCUT2D eigenvalue weighted by atomic mass is 19.4. The Kier molecular flexibility index (Phi) is 6.26. The molecule has 2 aromatic carbocycles. The van der Waals surface area contributed by atoms with Crippen molar-refractivity contribution in [2.24, 2.45) is 0 Å². The first-order valence-electron chi connectivity index (χ1n) is 9.16. The minimum Gasteiger partial charge on any atom is -0.348 e. The van der Waals surface area contributed by atoms with Crippen molar-refractivity contribution in [3.8, 4) is 11.4 Å². The number of nitrogens with one attached hydrogen (secondary N) is 1. The van der Waals surface area contributed by atoms with E-state index in [0.29, 0.717) is 0 Å². The number of aromatic nitrogens is 4. The molecule has 1 atom stereocenters. The molecule has 1 aromatic heterocycles. The van der Waals surface area contributed by atoms with Gasteiger partial charge in [0.15, 0.2) is 0 Å². The molecule has 0 aliphatic rings. The second-order valence-electron chi connectivity index (χ2n) is 6.54. The first-order valence-corrected chi connectivity index (χ1v) is 9.16. The Bertz CT molecular complexity index is 956. The van der Waals surface area contributed by atoms with E-state index in [0.717, 1.165) is 35.3 Å². The maximum Gasteiger partial charge on any atom is 0.416 e. The van der Waals surface area contributed by atoms with E-state index >= 15 is 0 Å². The summed E-state index contributed by atoms with van der Waals surface area (Å²) in [6, 6.07) is 14.1. The number of alkyl halides is 3. The number of amides is 1. The van der Waals surface area contributed by atoms with Crippen molar-refractivity contribution in [3.63, 3.8) is 0 Å². The molecule has 0 bridgehead atoms. The zero-order chi connectivity index (χ0) is 20.9. The van der Waals surface area contributed by atoms with E-state index in [1.165, 1.54) is 12.1 Å². The topological polar surface area (TPSA) is 72.7 Å². The molecule has 6 nitrogen and oxygen atoms in total. The fourth-order valence-electron chi connectivity index (χ4n) is 2.92. The van der Waals surface area contributed by atoms with Gasteiger partial charge in [0.25, 0.3) is 0 Å². The van der Waals surface area contributed by atoms with Gasteiger partial charge in [-0.05, 0) is 29.3 Å². The van der Waals surface area contributed by atoms with Gasteiger partial charge in [0.05, 0.1) is 11.6 Å². The standard InChI is InChI=1S/C20H20F3N5O/c1-2-7-17(14-8-4-3-5-9-14)24-18(29)13-28-26-19(25-27-28)15-10-6-11-16(12-15)20(21,22)23/h3-6,8-12,17H,2,7,13H2,1H3,(H,24,29)/t17-/m0/s1. The minimum atomic E-state index is -4.46. The molecular formula is C20H20F3N5O. The predicted molar refractivity (Wildman–Crippen MR) is 100 cm³/mol. The number of nitrogens with zero attached hydrogens (tertiary/aromatic N) is 4. The zero-order valence-electron chi connectivity index (χ0n) is 15.7. The molecule has 0 fully saturated rings. The van der Waals surface area contributed by atoms with Crippen LogP contribution in [-0.2, 0) is 17.5 Å². The summed E-state index contributed by atoms with van der Waals surface area (Å²) < 4.78 is 38.6. The number of tetrazole rings is 1. The van der Waals surface area contributed by atoms with E-state index in [-0.39, 0.29) is 29.9 Å². The van der Waals surface area contributed by atoms with E-state index in [9.17, 15) is 18.0 Å². The van der Waals surface area contributed by atoms with Crippen LogP contribution in [0.3, 0.4) is 0 Å². The molecular weight excluding hydrogens is 383 g/mol. The fraction of sp³-hybridized carbons (Fsp3) is 0.300. The largest absolute Gasteiger partial charge is 0.416 e. The molecule has 0 aliphatic carbocycles. The van der Waals surface area contributed by atoms with Crippen molar-refractivity contribution in [2.45, 2.75) is 38.5 Å². The maximum atomic E-state index is 12.9. The molecule has 0 saturated carbocycles. The normalized spacial score (nSPS) is 12.6. The number of hydrogen-bond acceptors (Lipinski definition) is 4. The van der Waals surface area contributed by atoms with E-state index in [1.807, 2.05) is 37.3 Å². The highest BCUT2D eigenvalue weighted by Gasteiger charge is 2.30. The lowest BCUT2D eigenvalue weighted by Gasteiger charge is -2.18. The molecule has 0 radical (unpaired) electrons. The van der Waals surface area contributed by atoms with Crippen molar-refractivity contribution < 1.29 is 18.0 Å². The molecule has 29 heavy (non-hydrogen) atoms. The highest BCUT2D eigenvalue weighted by molar-refractivity contribution is 5.76. The van der Waals surface area contributed by atoms with Gasteiger partial charge in [-0.3, -0.25) is 4.79 Å². The first-order chi connectivity index (χ1) is 13.9. The van der Waals surface area contributed by atoms with Crippen LogP contribution in [0, 0.1) is 0 Å². The van der Waals surface area contributed by atoms with Crippen LogP contribution in [0.1, 0.15) is 36.9 Å². The summed E-state index contributed by atoms with van der Waals surface area (Å²) in [6.07, 6.45) is -2.80. The molecule has 0 aliphatic heterocycles. The number of halogens is 3. The van der Waals surface area contributed by atoms with E-state index in [1.54, 1.807) is 0 Å². The third-order valence-electron chi connectivity index (χ3n) is 4.30. The summed E-state index contributed by atoms with van der Waals surface area (Å²) in [6.45, 7) is 1.85. The van der Waals surface area contributed by atoms with Crippen molar-refractivity contribution >= 4 is 5.91 Å². The monoisotopic (exact) mass is 403 g/mol. The molecule has 3 rings (SSSR count). The molecule has 0 unspecified atom stereocenters. The van der Waals surface area contributed by atoms with Gasteiger partial charge in [-0.25, -0.2) is 0 Å². The van der Waals surface area contributed by atoms with Crippen molar-refractivity contribution in [3.05, 3.63) is 65.7 Å². The number of carbonyl (C=O) groups is 1. The van der Waals surface area contributed by atoms with Gasteiger partial charge in [-0.1, -0.05) is 55.8 Å². The van der Waals surface area contributed by atoms with Gasteiger partial charge < -0.3 is 5.32 Å². The Morgan fingerprint density at radius 2 is 1.90 bits per heavy atom. The second-order valence-corrected chi connectivity index (χ2v) is 6.54. The predicted octanol–water partition coefficient (Wildman–Crippen LogP) is 4.02.